The quantitative estimate of drug-likeness (QED) is 0.598. The summed E-state index contributed by atoms with van der Waals surface area (Å²) in [6.45, 7) is -0.242. The van der Waals surface area contributed by atoms with Crippen molar-refractivity contribution in [1.29, 1.82) is 0 Å². The van der Waals surface area contributed by atoms with Crippen LogP contribution in [0.4, 0.5) is 17.6 Å². The van der Waals surface area contributed by atoms with Gasteiger partial charge >= 0.3 is 0 Å². The summed E-state index contributed by atoms with van der Waals surface area (Å²) in [5.74, 6) is -7.22. The van der Waals surface area contributed by atoms with E-state index in [1.165, 1.54) is 0 Å². The number of benzene rings is 2. The van der Waals surface area contributed by atoms with Gasteiger partial charge in [-0.05, 0) is 17.7 Å². The Labute approximate surface area is 111 Å². The van der Waals surface area contributed by atoms with Crippen molar-refractivity contribution >= 4 is 11.6 Å². The minimum absolute atomic E-state index is 0.125. The predicted molar refractivity (Wildman–Crippen MR) is 62.1 cm³/mol. The molecule has 0 aromatic heterocycles. The number of hydrogen-bond donors (Lipinski definition) is 0. The van der Waals surface area contributed by atoms with E-state index >= 15 is 0 Å². The molecule has 0 unspecified atom stereocenters. The Balaban J connectivity index is 2.22. The van der Waals surface area contributed by atoms with Gasteiger partial charge in [0.15, 0.2) is 17.4 Å². The molecule has 0 aliphatic heterocycles. The molecule has 0 spiro atoms. The third-order valence-electron chi connectivity index (χ3n) is 2.37. The van der Waals surface area contributed by atoms with E-state index < -0.39 is 29.0 Å². The zero-order valence-electron chi connectivity index (χ0n) is 9.39. The van der Waals surface area contributed by atoms with Crippen molar-refractivity contribution < 1.29 is 22.3 Å². The van der Waals surface area contributed by atoms with Gasteiger partial charge < -0.3 is 4.74 Å². The van der Waals surface area contributed by atoms with Crippen molar-refractivity contribution in [2.24, 2.45) is 0 Å². The van der Waals surface area contributed by atoms with Crippen molar-refractivity contribution in [2.45, 2.75) is 6.61 Å². The van der Waals surface area contributed by atoms with Crippen LogP contribution in [0.5, 0.6) is 5.75 Å². The fourth-order valence-corrected chi connectivity index (χ4v) is 1.54. The minimum atomic E-state index is -1.56. The average Bonchev–Trinajstić information content (AvgIpc) is 2.38. The molecule has 19 heavy (non-hydrogen) atoms. The van der Waals surface area contributed by atoms with Crippen molar-refractivity contribution in [2.75, 3.05) is 0 Å². The monoisotopic (exact) mass is 290 g/mol. The molecular formula is C13H7ClF4O. The molecule has 100 valence electrons. The van der Waals surface area contributed by atoms with Crippen molar-refractivity contribution in [3.05, 3.63) is 64.2 Å². The van der Waals surface area contributed by atoms with Crippen molar-refractivity contribution in [3.8, 4) is 5.75 Å². The molecule has 0 aliphatic carbocycles. The van der Waals surface area contributed by atoms with E-state index in [0.717, 1.165) is 0 Å². The number of rotatable bonds is 3. The summed E-state index contributed by atoms with van der Waals surface area (Å²) in [6, 6.07) is 6.36. The molecule has 0 radical (unpaired) electrons. The molecule has 0 aliphatic rings. The van der Waals surface area contributed by atoms with Crippen LogP contribution in [0, 0.1) is 23.3 Å². The standard InChI is InChI=1S/C13H7ClF4O/c14-8-3-1-7(2-4-8)6-19-13-11(17)9(15)5-10(16)12(13)18/h1-5H,6H2. The van der Waals surface area contributed by atoms with Crippen LogP contribution in [0.3, 0.4) is 0 Å². The van der Waals surface area contributed by atoms with Crippen LogP contribution in [-0.2, 0) is 6.61 Å². The van der Waals surface area contributed by atoms with Crippen LogP contribution in [0.2, 0.25) is 5.02 Å². The second-order valence-electron chi connectivity index (χ2n) is 3.71. The van der Waals surface area contributed by atoms with E-state index in [9.17, 15) is 17.6 Å². The van der Waals surface area contributed by atoms with E-state index in [4.69, 9.17) is 16.3 Å². The maximum Gasteiger partial charge on any atom is 0.203 e. The molecule has 0 fully saturated rings. The molecular weight excluding hydrogens is 284 g/mol. The van der Waals surface area contributed by atoms with E-state index in [0.29, 0.717) is 10.6 Å². The lowest BCUT2D eigenvalue weighted by Crippen LogP contribution is -2.03. The highest BCUT2D eigenvalue weighted by atomic mass is 35.5. The van der Waals surface area contributed by atoms with E-state index in [-0.39, 0.29) is 12.7 Å². The Morgan fingerprint density at radius 2 is 1.42 bits per heavy atom. The molecule has 6 heteroatoms. The Hall–Kier alpha value is -1.75. The Kier molecular flexibility index (Phi) is 3.95. The largest absolute Gasteiger partial charge is 0.483 e. The third-order valence-corrected chi connectivity index (χ3v) is 2.62. The molecule has 0 atom stereocenters. The minimum Gasteiger partial charge on any atom is -0.483 e. The van der Waals surface area contributed by atoms with Crippen molar-refractivity contribution in [3.63, 3.8) is 0 Å². The number of hydrogen-bond acceptors (Lipinski definition) is 1. The molecule has 0 bridgehead atoms. The van der Waals surface area contributed by atoms with Crippen LogP contribution in [0.1, 0.15) is 5.56 Å². The second-order valence-corrected chi connectivity index (χ2v) is 4.15. The zero-order chi connectivity index (χ0) is 14.0. The van der Waals surface area contributed by atoms with Gasteiger partial charge in [-0.3, -0.25) is 0 Å². The van der Waals surface area contributed by atoms with E-state index in [2.05, 4.69) is 0 Å². The second kappa shape index (κ2) is 5.48. The summed E-state index contributed by atoms with van der Waals surface area (Å²) in [7, 11) is 0. The molecule has 0 saturated carbocycles. The summed E-state index contributed by atoms with van der Waals surface area (Å²) in [5, 5.41) is 0.484. The fraction of sp³-hybridized carbons (Fsp3) is 0.0769. The Morgan fingerprint density at radius 1 is 0.895 bits per heavy atom. The number of halogens is 5. The smallest absolute Gasteiger partial charge is 0.203 e. The Morgan fingerprint density at radius 3 is 1.95 bits per heavy atom. The van der Waals surface area contributed by atoms with Crippen LogP contribution in [0.15, 0.2) is 30.3 Å². The first-order chi connectivity index (χ1) is 8.99. The molecule has 0 saturated heterocycles. The zero-order valence-corrected chi connectivity index (χ0v) is 10.1. The summed E-state index contributed by atoms with van der Waals surface area (Å²) in [6.07, 6.45) is 0. The van der Waals surface area contributed by atoms with Gasteiger partial charge in [-0.15, -0.1) is 0 Å². The van der Waals surface area contributed by atoms with Gasteiger partial charge in [0.05, 0.1) is 0 Å². The summed E-state index contributed by atoms with van der Waals surface area (Å²) >= 11 is 5.66. The van der Waals surface area contributed by atoms with Gasteiger partial charge in [0.1, 0.15) is 6.61 Å². The van der Waals surface area contributed by atoms with Crippen LogP contribution < -0.4 is 4.74 Å². The van der Waals surface area contributed by atoms with Crippen LogP contribution in [-0.4, -0.2) is 0 Å². The van der Waals surface area contributed by atoms with Crippen LogP contribution in [0.25, 0.3) is 0 Å². The van der Waals surface area contributed by atoms with Gasteiger partial charge in [0.25, 0.3) is 0 Å². The van der Waals surface area contributed by atoms with Gasteiger partial charge in [-0.25, -0.2) is 8.78 Å². The molecule has 0 heterocycles. The first-order valence-electron chi connectivity index (χ1n) is 5.19. The third kappa shape index (κ3) is 2.98. The van der Waals surface area contributed by atoms with E-state index in [1.807, 2.05) is 0 Å². The predicted octanol–water partition coefficient (Wildman–Crippen LogP) is 4.48. The SMILES string of the molecule is Fc1cc(F)c(F)c(OCc2ccc(Cl)cc2)c1F. The first-order valence-corrected chi connectivity index (χ1v) is 5.57. The van der Waals surface area contributed by atoms with Gasteiger partial charge in [-0.1, -0.05) is 23.7 Å². The van der Waals surface area contributed by atoms with Crippen molar-refractivity contribution in [1.82, 2.24) is 0 Å². The molecule has 2 aromatic rings. The molecule has 1 nitrogen and oxygen atoms in total. The van der Waals surface area contributed by atoms with E-state index in [1.54, 1.807) is 24.3 Å². The highest BCUT2D eigenvalue weighted by molar-refractivity contribution is 6.30. The lowest BCUT2D eigenvalue weighted by Gasteiger charge is -2.09. The topological polar surface area (TPSA) is 9.23 Å². The normalized spacial score (nSPS) is 10.6. The summed E-state index contributed by atoms with van der Waals surface area (Å²) < 4.78 is 57.2. The summed E-state index contributed by atoms with van der Waals surface area (Å²) in [5.41, 5.74) is 0.549. The first kappa shape index (κ1) is 13.7. The molecule has 0 amide bonds. The number of ether oxygens (including phenoxy) is 1. The molecule has 2 rings (SSSR count). The van der Waals surface area contributed by atoms with Crippen LogP contribution >= 0.6 is 11.6 Å². The highest BCUT2D eigenvalue weighted by Crippen LogP contribution is 2.27. The average molecular weight is 291 g/mol. The molecule has 2 aromatic carbocycles. The molecule has 0 N–H and O–H groups in total. The maximum absolute atomic E-state index is 13.3. The van der Waals surface area contributed by atoms with Gasteiger partial charge in [0, 0.05) is 11.1 Å². The summed E-state index contributed by atoms with van der Waals surface area (Å²) in [4.78, 5) is 0. The maximum atomic E-state index is 13.3. The highest BCUT2D eigenvalue weighted by Gasteiger charge is 2.20. The lowest BCUT2D eigenvalue weighted by molar-refractivity contribution is 0.261. The van der Waals surface area contributed by atoms with Gasteiger partial charge in [-0.2, -0.15) is 8.78 Å². The fourth-order valence-electron chi connectivity index (χ4n) is 1.41. The lowest BCUT2D eigenvalue weighted by atomic mass is 10.2. The van der Waals surface area contributed by atoms with Gasteiger partial charge in [0.2, 0.25) is 11.6 Å². The Bertz CT molecular complexity index is 572.